The molecular weight excluding hydrogens is 356 g/mol. The number of carbonyl (C=O) groups excluding carboxylic acids is 3. The minimum absolute atomic E-state index is 0.0378. The molecule has 0 spiro atoms. The highest BCUT2D eigenvalue weighted by Crippen LogP contribution is 2.57. The summed E-state index contributed by atoms with van der Waals surface area (Å²) in [4.78, 5) is 39.6. The fourth-order valence-electron chi connectivity index (χ4n) is 5.74. The molecule has 2 saturated carbocycles. The van der Waals surface area contributed by atoms with Gasteiger partial charge in [0.1, 0.15) is 6.10 Å². The molecule has 2 bridgehead atoms. The van der Waals surface area contributed by atoms with Crippen molar-refractivity contribution < 1.29 is 19.1 Å². The number of anilines is 1. The van der Waals surface area contributed by atoms with Gasteiger partial charge in [-0.3, -0.25) is 14.4 Å². The minimum atomic E-state index is -0.283. The zero-order chi connectivity index (χ0) is 19.3. The Morgan fingerprint density at radius 1 is 1.00 bits per heavy atom. The van der Waals surface area contributed by atoms with Crippen LogP contribution >= 0.6 is 0 Å². The number of benzene rings is 1. The molecule has 4 aliphatic rings. The Morgan fingerprint density at radius 3 is 2.43 bits per heavy atom. The van der Waals surface area contributed by atoms with Gasteiger partial charge in [-0.2, -0.15) is 0 Å². The van der Waals surface area contributed by atoms with E-state index in [0.29, 0.717) is 11.3 Å². The number of esters is 1. The second kappa shape index (κ2) is 6.90. The van der Waals surface area contributed by atoms with Crippen LogP contribution in [0.2, 0.25) is 0 Å². The summed E-state index contributed by atoms with van der Waals surface area (Å²) in [6, 6.07) is 7.13. The predicted octanol–water partition coefficient (Wildman–Crippen LogP) is 2.84. The van der Waals surface area contributed by atoms with E-state index in [1.165, 1.54) is 12.8 Å². The van der Waals surface area contributed by atoms with Gasteiger partial charge in [0.25, 0.3) is 5.91 Å². The molecule has 2 saturated heterocycles. The van der Waals surface area contributed by atoms with Crippen molar-refractivity contribution in [1.29, 1.82) is 0 Å². The van der Waals surface area contributed by atoms with Gasteiger partial charge >= 0.3 is 5.97 Å². The van der Waals surface area contributed by atoms with Crippen molar-refractivity contribution in [2.24, 2.45) is 23.7 Å². The lowest BCUT2D eigenvalue weighted by atomic mass is 9.79. The average Bonchev–Trinajstić information content (AvgIpc) is 3.21. The van der Waals surface area contributed by atoms with E-state index in [4.69, 9.17) is 4.74 Å². The first-order valence-electron chi connectivity index (χ1n) is 10.5. The maximum absolute atomic E-state index is 12.8. The first kappa shape index (κ1) is 17.7. The van der Waals surface area contributed by atoms with E-state index >= 15 is 0 Å². The molecule has 148 valence electrons. The summed E-state index contributed by atoms with van der Waals surface area (Å²) >= 11 is 0. The van der Waals surface area contributed by atoms with Gasteiger partial charge in [-0.25, -0.2) is 0 Å². The number of likely N-dealkylation sites (tertiary alicyclic amines) is 1. The quantitative estimate of drug-likeness (QED) is 0.816. The van der Waals surface area contributed by atoms with E-state index in [0.717, 1.165) is 38.8 Å². The molecule has 28 heavy (non-hydrogen) atoms. The molecule has 2 aliphatic carbocycles. The Balaban J connectivity index is 1.25. The van der Waals surface area contributed by atoms with Gasteiger partial charge in [-0.05, 0) is 55.9 Å². The number of nitrogens with one attached hydrogen (secondary N) is 1. The van der Waals surface area contributed by atoms with E-state index in [1.54, 1.807) is 24.3 Å². The van der Waals surface area contributed by atoms with Crippen molar-refractivity contribution in [2.75, 3.05) is 18.4 Å². The molecule has 6 heteroatoms. The van der Waals surface area contributed by atoms with Crippen molar-refractivity contribution >= 4 is 23.5 Å². The van der Waals surface area contributed by atoms with E-state index in [-0.39, 0.29) is 47.6 Å². The van der Waals surface area contributed by atoms with Gasteiger partial charge < -0.3 is 15.0 Å². The fraction of sp³-hybridized carbons (Fsp3) is 0.591. The van der Waals surface area contributed by atoms with Crippen LogP contribution in [0.1, 0.15) is 48.9 Å². The van der Waals surface area contributed by atoms with Crippen molar-refractivity contribution in [3.8, 4) is 0 Å². The molecule has 1 N–H and O–H groups in total. The first-order valence-corrected chi connectivity index (χ1v) is 10.5. The van der Waals surface area contributed by atoms with Crippen LogP contribution in [-0.4, -0.2) is 41.9 Å². The van der Waals surface area contributed by atoms with Crippen LogP contribution in [-0.2, 0) is 14.3 Å². The van der Waals surface area contributed by atoms with Crippen molar-refractivity contribution in [3.05, 3.63) is 29.8 Å². The highest BCUT2D eigenvalue weighted by Gasteiger charge is 2.63. The van der Waals surface area contributed by atoms with E-state index in [9.17, 15) is 14.4 Å². The largest absolute Gasteiger partial charge is 0.462 e. The third-order valence-corrected chi connectivity index (χ3v) is 7.08. The summed E-state index contributed by atoms with van der Waals surface area (Å²) < 4.78 is 5.42. The zero-order valence-corrected chi connectivity index (χ0v) is 15.9. The predicted molar refractivity (Wildman–Crippen MR) is 103 cm³/mol. The number of fused-ring (bicyclic) bond motifs is 1. The highest BCUT2D eigenvalue weighted by molar-refractivity contribution is 5.98. The summed E-state index contributed by atoms with van der Waals surface area (Å²) in [7, 11) is 0. The Morgan fingerprint density at radius 2 is 1.71 bits per heavy atom. The maximum atomic E-state index is 12.8. The summed E-state index contributed by atoms with van der Waals surface area (Å²) in [5.41, 5.74) is 1.32. The van der Waals surface area contributed by atoms with E-state index < -0.39 is 0 Å². The van der Waals surface area contributed by atoms with Crippen LogP contribution in [0.4, 0.5) is 5.69 Å². The van der Waals surface area contributed by atoms with Gasteiger partial charge in [-0.1, -0.05) is 12.8 Å². The molecule has 2 heterocycles. The summed E-state index contributed by atoms with van der Waals surface area (Å²) in [6.07, 6.45) is 6.27. The van der Waals surface area contributed by atoms with Crippen LogP contribution in [0, 0.1) is 23.7 Å². The lowest BCUT2D eigenvalue weighted by molar-refractivity contribution is -0.145. The van der Waals surface area contributed by atoms with Crippen LogP contribution in [0.25, 0.3) is 0 Å². The van der Waals surface area contributed by atoms with Gasteiger partial charge in [0.15, 0.2) is 0 Å². The van der Waals surface area contributed by atoms with Gasteiger partial charge in [-0.15, -0.1) is 0 Å². The molecule has 6 nitrogen and oxygen atoms in total. The summed E-state index contributed by atoms with van der Waals surface area (Å²) in [5, 5.41) is 2.96. The molecule has 2 amide bonds. The minimum Gasteiger partial charge on any atom is -0.462 e. The number of rotatable bonds is 3. The first-order chi connectivity index (χ1) is 13.6. The van der Waals surface area contributed by atoms with Gasteiger partial charge in [0.2, 0.25) is 5.91 Å². The normalized spacial score (nSPS) is 33.5. The molecule has 5 atom stereocenters. The lowest BCUT2D eigenvalue weighted by Crippen LogP contribution is -2.35. The Kier molecular flexibility index (Phi) is 4.37. The fourth-order valence-corrected chi connectivity index (χ4v) is 5.74. The second-order valence-corrected chi connectivity index (χ2v) is 8.70. The molecule has 2 aliphatic heterocycles. The second-order valence-electron chi connectivity index (χ2n) is 8.70. The molecular formula is C22H26N2O4. The molecule has 1 aromatic rings. The summed E-state index contributed by atoms with van der Waals surface area (Å²) in [5.74, 6) is -0.318. The molecule has 0 radical (unpaired) electrons. The molecule has 5 rings (SSSR count). The summed E-state index contributed by atoms with van der Waals surface area (Å²) in [6.45, 7) is 1.64. The number of amides is 2. The smallest absolute Gasteiger partial charge is 0.310 e. The van der Waals surface area contributed by atoms with Gasteiger partial charge in [0, 0.05) is 30.3 Å². The van der Waals surface area contributed by atoms with Crippen molar-refractivity contribution in [3.63, 3.8) is 0 Å². The Hall–Kier alpha value is -2.37. The number of hydrogen-bond donors (Lipinski definition) is 1. The highest BCUT2D eigenvalue weighted by atomic mass is 16.6. The van der Waals surface area contributed by atoms with Crippen LogP contribution < -0.4 is 5.32 Å². The van der Waals surface area contributed by atoms with Crippen LogP contribution in [0.5, 0.6) is 0 Å². The Labute approximate surface area is 164 Å². The average molecular weight is 382 g/mol. The van der Waals surface area contributed by atoms with Crippen LogP contribution in [0.15, 0.2) is 24.3 Å². The van der Waals surface area contributed by atoms with E-state index in [1.807, 2.05) is 4.90 Å². The zero-order valence-electron chi connectivity index (χ0n) is 15.9. The Bertz CT molecular complexity index is 795. The van der Waals surface area contributed by atoms with Gasteiger partial charge in [0.05, 0.1) is 11.8 Å². The monoisotopic (exact) mass is 382 g/mol. The standard InChI is InChI=1S/C22H26N2O4/c25-20(18-14-11-16-17(12-14)28-22(27)19(16)18)23-15-7-5-13(6-8-15)21(26)24-9-3-1-2-4-10-24/h5-8,14,16-19H,1-4,9-12H2,(H,23,25)/t14-,16+,17-,18-,19+/m1/s1. The molecule has 0 unspecified atom stereocenters. The number of carbonyl (C=O) groups is 3. The molecule has 0 aromatic heterocycles. The number of nitrogens with zero attached hydrogens (tertiary/aromatic N) is 1. The van der Waals surface area contributed by atoms with Crippen molar-refractivity contribution in [1.82, 2.24) is 4.90 Å². The van der Waals surface area contributed by atoms with Crippen LogP contribution in [0.3, 0.4) is 0 Å². The molecule has 4 fully saturated rings. The third-order valence-electron chi connectivity index (χ3n) is 7.08. The third kappa shape index (κ3) is 2.90. The lowest BCUT2D eigenvalue weighted by Gasteiger charge is -2.23. The maximum Gasteiger partial charge on any atom is 0.310 e. The topological polar surface area (TPSA) is 75.7 Å². The van der Waals surface area contributed by atoms with E-state index in [2.05, 4.69) is 5.32 Å². The van der Waals surface area contributed by atoms with Crippen molar-refractivity contribution in [2.45, 2.75) is 44.6 Å². The number of hydrogen-bond acceptors (Lipinski definition) is 4. The SMILES string of the molecule is O=C(Nc1ccc(C(=O)N2CCCCCC2)cc1)[C@@H]1[C@@H]2C[C@@H]3[C@@H]1C(=O)O[C@@H]3C2. The molecule has 1 aromatic carbocycles. The number of ether oxygens (including phenoxy) is 1.